The Bertz CT molecular complexity index is 487. The molecular formula is C16H23ClN2O. The lowest BCUT2D eigenvalue weighted by Gasteiger charge is -2.17. The molecule has 4 heteroatoms. The molecule has 1 N–H and O–H groups in total. The van der Waals surface area contributed by atoms with Crippen LogP contribution in [-0.4, -0.2) is 30.9 Å². The number of carbonyl (C=O) groups excluding carboxylic acids is 1. The predicted molar refractivity (Wildman–Crippen MR) is 84.5 cm³/mol. The van der Waals surface area contributed by atoms with E-state index in [4.69, 9.17) is 11.6 Å². The summed E-state index contributed by atoms with van der Waals surface area (Å²) in [5.41, 5.74) is 1.55. The molecule has 1 amide bonds. The van der Waals surface area contributed by atoms with Crippen LogP contribution in [0.3, 0.4) is 0 Å². The number of carbonyl (C=O) groups is 1. The third-order valence-electron chi connectivity index (χ3n) is 4.09. The molecule has 2 atom stereocenters. The SMILES string of the molecule is CCC1CCC(Nc2ccc(Cl)c(C(=O)N(C)C)c2)C1. The molecule has 2 rings (SSSR count). The zero-order valence-corrected chi connectivity index (χ0v) is 13.2. The highest BCUT2D eigenvalue weighted by Gasteiger charge is 2.23. The Morgan fingerprint density at radius 2 is 2.15 bits per heavy atom. The van der Waals surface area contributed by atoms with E-state index in [0.717, 1.165) is 11.6 Å². The molecule has 1 aliphatic rings. The molecule has 1 aromatic carbocycles. The van der Waals surface area contributed by atoms with Gasteiger partial charge in [-0.3, -0.25) is 4.79 Å². The topological polar surface area (TPSA) is 32.3 Å². The van der Waals surface area contributed by atoms with Gasteiger partial charge in [0.25, 0.3) is 5.91 Å². The summed E-state index contributed by atoms with van der Waals surface area (Å²) in [5, 5.41) is 4.04. The minimum absolute atomic E-state index is 0.0588. The molecule has 1 aromatic rings. The number of rotatable bonds is 4. The molecule has 110 valence electrons. The molecule has 1 saturated carbocycles. The summed E-state index contributed by atoms with van der Waals surface area (Å²) in [5.74, 6) is 0.777. The van der Waals surface area contributed by atoms with Crippen molar-refractivity contribution in [2.24, 2.45) is 5.92 Å². The van der Waals surface area contributed by atoms with Crippen LogP contribution in [-0.2, 0) is 0 Å². The van der Waals surface area contributed by atoms with Crippen LogP contribution >= 0.6 is 11.6 Å². The van der Waals surface area contributed by atoms with Crippen LogP contribution in [0.15, 0.2) is 18.2 Å². The maximum absolute atomic E-state index is 12.1. The molecule has 1 fully saturated rings. The molecule has 0 radical (unpaired) electrons. The van der Waals surface area contributed by atoms with Crippen molar-refractivity contribution in [3.63, 3.8) is 0 Å². The Kier molecular flexibility index (Phi) is 4.92. The molecule has 2 unspecified atom stereocenters. The van der Waals surface area contributed by atoms with Crippen LogP contribution in [0, 0.1) is 5.92 Å². The molecule has 0 heterocycles. The molecule has 0 spiro atoms. The first-order chi connectivity index (χ1) is 9.51. The van der Waals surface area contributed by atoms with Crippen molar-refractivity contribution in [1.82, 2.24) is 4.90 Å². The van der Waals surface area contributed by atoms with E-state index < -0.39 is 0 Å². The highest BCUT2D eigenvalue weighted by molar-refractivity contribution is 6.34. The van der Waals surface area contributed by atoms with E-state index >= 15 is 0 Å². The summed E-state index contributed by atoms with van der Waals surface area (Å²) in [6.07, 6.45) is 4.97. The van der Waals surface area contributed by atoms with Gasteiger partial charge in [0.2, 0.25) is 0 Å². The zero-order chi connectivity index (χ0) is 14.7. The Morgan fingerprint density at radius 1 is 1.40 bits per heavy atom. The van der Waals surface area contributed by atoms with E-state index in [9.17, 15) is 4.79 Å². The highest BCUT2D eigenvalue weighted by atomic mass is 35.5. The van der Waals surface area contributed by atoms with Gasteiger partial charge in [0.15, 0.2) is 0 Å². The lowest BCUT2D eigenvalue weighted by Crippen LogP contribution is -2.22. The quantitative estimate of drug-likeness (QED) is 0.909. The van der Waals surface area contributed by atoms with Crippen LogP contribution in [0.5, 0.6) is 0 Å². The van der Waals surface area contributed by atoms with Crippen molar-refractivity contribution in [3.05, 3.63) is 28.8 Å². The zero-order valence-electron chi connectivity index (χ0n) is 12.4. The summed E-state index contributed by atoms with van der Waals surface area (Å²) in [7, 11) is 3.48. The summed E-state index contributed by atoms with van der Waals surface area (Å²) >= 11 is 6.12. The number of hydrogen-bond donors (Lipinski definition) is 1. The number of nitrogens with zero attached hydrogens (tertiary/aromatic N) is 1. The summed E-state index contributed by atoms with van der Waals surface area (Å²) < 4.78 is 0. The fourth-order valence-electron chi connectivity index (χ4n) is 2.83. The molecule has 1 aliphatic carbocycles. The van der Waals surface area contributed by atoms with Crippen molar-refractivity contribution < 1.29 is 4.79 Å². The van der Waals surface area contributed by atoms with Crippen molar-refractivity contribution in [1.29, 1.82) is 0 Å². The van der Waals surface area contributed by atoms with Gasteiger partial charge in [-0.1, -0.05) is 24.9 Å². The van der Waals surface area contributed by atoms with Crippen LogP contribution in [0.25, 0.3) is 0 Å². The van der Waals surface area contributed by atoms with Crippen LogP contribution in [0.1, 0.15) is 43.0 Å². The highest BCUT2D eigenvalue weighted by Crippen LogP contribution is 2.31. The third kappa shape index (κ3) is 3.45. The number of nitrogens with one attached hydrogen (secondary N) is 1. The smallest absolute Gasteiger partial charge is 0.254 e. The average Bonchev–Trinajstić information content (AvgIpc) is 2.87. The van der Waals surface area contributed by atoms with E-state index in [1.54, 1.807) is 25.1 Å². The summed E-state index contributed by atoms with van der Waals surface area (Å²) in [6.45, 7) is 2.25. The van der Waals surface area contributed by atoms with Crippen molar-refractivity contribution in [2.45, 2.75) is 38.6 Å². The molecule has 0 bridgehead atoms. The van der Waals surface area contributed by atoms with Crippen molar-refractivity contribution in [3.8, 4) is 0 Å². The molecule has 0 saturated heterocycles. The van der Waals surface area contributed by atoms with E-state index in [2.05, 4.69) is 12.2 Å². The lowest BCUT2D eigenvalue weighted by atomic mass is 10.1. The van der Waals surface area contributed by atoms with Gasteiger partial charge in [-0.05, 0) is 43.4 Å². The Balaban J connectivity index is 2.10. The second kappa shape index (κ2) is 6.49. The first-order valence-corrected chi connectivity index (χ1v) is 7.66. The maximum Gasteiger partial charge on any atom is 0.254 e. The van der Waals surface area contributed by atoms with Gasteiger partial charge >= 0.3 is 0 Å². The molecule has 3 nitrogen and oxygen atoms in total. The van der Waals surface area contributed by atoms with Crippen LogP contribution in [0.2, 0.25) is 5.02 Å². The number of benzene rings is 1. The molecule has 0 aliphatic heterocycles. The van der Waals surface area contributed by atoms with Crippen LogP contribution in [0.4, 0.5) is 5.69 Å². The largest absolute Gasteiger partial charge is 0.382 e. The first kappa shape index (κ1) is 15.2. The Hall–Kier alpha value is -1.22. The Morgan fingerprint density at radius 3 is 2.75 bits per heavy atom. The maximum atomic E-state index is 12.1. The van der Waals surface area contributed by atoms with E-state index in [0.29, 0.717) is 16.6 Å². The predicted octanol–water partition coefficient (Wildman–Crippen LogP) is 4.03. The van der Waals surface area contributed by atoms with Gasteiger partial charge in [-0.15, -0.1) is 0 Å². The van der Waals surface area contributed by atoms with E-state index in [1.807, 2.05) is 12.1 Å². The number of anilines is 1. The first-order valence-electron chi connectivity index (χ1n) is 7.29. The normalized spacial score (nSPS) is 21.8. The number of amides is 1. The minimum atomic E-state index is -0.0588. The fraction of sp³-hybridized carbons (Fsp3) is 0.562. The lowest BCUT2D eigenvalue weighted by molar-refractivity contribution is 0.0828. The van der Waals surface area contributed by atoms with Gasteiger partial charge in [-0.2, -0.15) is 0 Å². The monoisotopic (exact) mass is 294 g/mol. The van der Waals surface area contributed by atoms with Gasteiger partial charge < -0.3 is 10.2 Å². The van der Waals surface area contributed by atoms with Gasteiger partial charge in [0.1, 0.15) is 0 Å². The second-order valence-corrected chi connectivity index (χ2v) is 6.23. The van der Waals surface area contributed by atoms with Crippen LogP contribution < -0.4 is 5.32 Å². The van der Waals surface area contributed by atoms with Crippen molar-refractivity contribution in [2.75, 3.05) is 19.4 Å². The minimum Gasteiger partial charge on any atom is -0.382 e. The van der Waals surface area contributed by atoms with E-state index in [1.165, 1.54) is 25.7 Å². The molecule has 20 heavy (non-hydrogen) atoms. The van der Waals surface area contributed by atoms with Gasteiger partial charge in [-0.25, -0.2) is 0 Å². The number of halogens is 1. The molecule has 0 aromatic heterocycles. The third-order valence-corrected chi connectivity index (χ3v) is 4.42. The summed E-state index contributed by atoms with van der Waals surface area (Å²) in [4.78, 5) is 13.6. The standard InChI is InChI=1S/C16H23ClN2O/c1-4-11-5-6-12(9-11)18-13-7-8-15(17)14(10-13)16(20)19(2)3/h7-8,10-12,18H,4-6,9H2,1-3H3. The molecular weight excluding hydrogens is 272 g/mol. The van der Waals surface area contributed by atoms with Crippen molar-refractivity contribution >= 4 is 23.2 Å². The summed E-state index contributed by atoms with van der Waals surface area (Å²) in [6, 6.07) is 6.13. The number of hydrogen-bond acceptors (Lipinski definition) is 2. The average molecular weight is 295 g/mol. The Labute approximate surface area is 126 Å². The van der Waals surface area contributed by atoms with Gasteiger partial charge in [0.05, 0.1) is 10.6 Å². The van der Waals surface area contributed by atoms with E-state index in [-0.39, 0.29) is 5.91 Å². The second-order valence-electron chi connectivity index (χ2n) is 5.82. The van der Waals surface area contributed by atoms with Gasteiger partial charge in [0, 0.05) is 25.8 Å². The fourth-order valence-corrected chi connectivity index (χ4v) is 3.03.